The van der Waals surface area contributed by atoms with Gasteiger partial charge in [-0.05, 0) is 24.6 Å². The first-order valence-electron chi connectivity index (χ1n) is 5.29. The van der Waals surface area contributed by atoms with Crippen molar-refractivity contribution >= 4 is 11.7 Å². The Morgan fingerprint density at radius 2 is 2.17 bits per heavy atom. The zero-order valence-corrected chi connectivity index (χ0v) is 9.79. The van der Waals surface area contributed by atoms with Gasteiger partial charge in [0.05, 0.1) is 11.6 Å². The minimum Gasteiger partial charge on any atom is -0.508 e. The van der Waals surface area contributed by atoms with E-state index in [4.69, 9.17) is 10.9 Å². The monoisotopic (exact) mass is 253 g/mol. The van der Waals surface area contributed by atoms with Crippen molar-refractivity contribution in [1.82, 2.24) is 5.32 Å². The molecule has 1 aromatic carbocycles. The SMILES string of the molecule is CCC(NC(=O)c1cc(O)ccc1O)/C(N)=N/O. The highest BCUT2D eigenvalue weighted by Crippen LogP contribution is 2.21. The lowest BCUT2D eigenvalue weighted by Crippen LogP contribution is -2.44. The number of hydrogen-bond donors (Lipinski definition) is 5. The van der Waals surface area contributed by atoms with Crippen molar-refractivity contribution in [2.24, 2.45) is 10.9 Å². The van der Waals surface area contributed by atoms with E-state index in [-0.39, 0.29) is 22.9 Å². The third-order valence-electron chi connectivity index (χ3n) is 2.41. The lowest BCUT2D eigenvalue weighted by Gasteiger charge is -2.15. The van der Waals surface area contributed by atoms with Gasteiger partial charge in [0.1, 0.15) is 11.5 Å². The number of nitrogens with one attached hydrogen (secondary N) is 1. The van der Waals surface area contributed by atoms with Crippen LogP contribution in [0.15, 0.2) is 23.4 Å². The summed E-state index contributed by atoms with van der Waals surface area (Å²) in [4.78, 5) is 11.8. The Kier molecular flexibility index (Phi) is 4.36. The molecule has 1 amide bonds. The molecule has 7 heteroatoms. The number of phenols is 2. The quantitative estimate of drug-likeness (QED) is 0.174. The summed E-state index contributed by atoms with van der Waals surface area (Å²) in [6, 6.07) is 2.94. The van der Waals surface area contributed by atoms with Gasteiger partial charge in [-0.25, -0.2) is 0 Å². The Labute approximate surface area is 104 Å². The Morgan fingerprint density at radius 1 is 1.50 bits per heavy atom. The van der Waals surface area contributed by atoms with E-state index < -0.39 is 11.9 Å². The molecule has 98 valence electrons. The summed E-state index contributed by atoms with van der Waals surface area (Å²) in [5.74, 6) is -1.16. The van der Waals surface area contributed by atoms with Crippen LogP contribution >= 0.6 is 0 Å². The van der Waals surface area contributed by atoms with Gasteiger partial charge in [-0.1, -0.05) is 12.1 Å². The van der Waals surface area contributed by atoms with Gasteiger partial charge >= 0.3 is 0 Å². The van der Waals surface area contributed by atoms with E-state index in [1.807, 2.05) is 0 Å². The molecule has 0 spiro atoms. The second-order valence-electron chi connectivity index (χ2n) is 3.66. The van der Waals surface area contributed by atoms with Crippen LogP contribution in [0.1, 0.15) is 23.7 Å². The summed E-state index contributed by atoms with van der Waals surface area (Å²) in [6.45, 7) is 1.74. The first kappa shape index (κ1) is 13.6. The Hall–Kier alpha value is -2.44. The van der Waals surface area contributed by atoms with Gasteiger partial charge in [0.25, 0.3) is 5.91 Å². The van der Waals surface area contributed by atoms with Crippen molar-refractivity contribution in [2.75, 3.05) is 0 Å². The molecule has 1 atom stereocenters. The molecule has 1 aromatic rings. The molecular formula is C11H15N3O4. The molecule has 0 aliphatic heterocycles. The highest BCUT2D eigenvalue weighted by atomic mass is 16.4. The van der Waals surface area contributed by atoms with Crippen LogP contribution in [0.4, 0.5) is 0 Å². The molecule has 0 heterocycles. The molecule has 0 aromatic heterocycles. The van der Waals surface area contributed by atoms with Crippen LogP contribution in [0.2, 0.25) is 0 Å². The Bertz CT molecular complexity index is 473. The summed E-state index contributed by atoms with van der Waals surface area (Å²) >= 11 is 0. The predicted molar refractivity (Wildman–Crippen MR) is 64.7 cm³/mol. The third kappa shape index (κ3) is 3.03. The van der Waals surface area contributed by atoms with Gasteiger partial charge < -0.3 is 26.5 Å². The number of phenolic OH excluding ortho intramolecular Hbond substituents is 2. The zero-order chi connectivity index (χ0) is 13.7. The van der Waals surface area contributed by atoms with E-state index in [0.29, 0.717) is 6.42 Å². The maximum atomic E-state index is 11.8. The number of rotatable bonds is 4. The fourth-order valence-electron chi connectivity index (χ4n) is 1.40. The molecular weight excluding hydrogens is 238 g/mol. The average molecular weight is 253 g/mol. The van der Waals surface area contributed by atoms with E-state index in [0.717, 1.165) is 6.07 Å². The molecule has 18 heavy (non-hydrogen) atoms. The Morgan fingerprint density at radius 3 is 2.72 bits per heavy atom. The molecule has 0 fully saturated rings. The maximum Gasteiger partial charge on any atom is 0.255 e. The van der Waals surface area contributed by atoms with E-state index >= 15 is 0 Å². The normalized spacial score (nSPS) is 13.1. The van der Waals surface area contributed by atoms with Crippen molar-refractivity contribution in [3.05, 3.63) is 23.8 Å². The van der Waals surface area contributed by atoms with Gasteiger partial charge in [0.2, 0.25) is 0 Å². The molecule has 0 bridgehead atoms. The van der Waals surface area contributed by atoms with Crippen LogP contribution in [0.25, 0.3) is 0 Å². The van der Waals surface area contributed by atoms with Gasteiger partial charge in [0, 0.05) is 0 Å². The van der Waals surface area contributed by atoms with Gasteiger partial charge in [-0.3, -0.25) is 4.79 Å². The zero-order valence-electron chi connectivity index (χ0n) is 9.79. The molecule has 7 nitrogen and oxygen atoms in total. The largest absolute Gasteiger partial charge is 0.508 e. The van der Waals surface area contributed by atoms with E-state index in [1.54, 1.807) is 6.92 Å². The van der Waals surface area contributed by atoms with Crippen molar-refractivity contribution in [2.45, 2.75) is 19.4 Å². The van der Waals surface area contributed by atoms with Crippen LogP contribution in [0.5, 0.6) is 11.5 Å². The molecule has 1 rings (SSSR count). The van der Waals surface area contributed by atoms with Gasteiger partial charge in [-0.2, -0.15) is 0 Å². The first-order valence-corrected chi connectivity index (χ1v) is 5.29. The predicted octanol–water partition coefficient (Wildman–Crippen LogP) is 0.353. The van der Waals surface area contributed by atoms with E-state index in [1.165, 1.54) is 12.1 Å². The number of aromatic hydroxyl groups is 2. The molecule has 0 saturated heterocycles. The van der Waals surface area contributed by atoms with Gasteiger partial charge in [-0.15, -0.1) is 0 Å². The van der Waals surface area contributed by atoms with E-state index in [2.05, 4.69) is 10.5 Å². The number of oxime groups is 1. The van der Waals surface area contributed by atoms with E-state index in [9.17, 15) is 15.0 Å². The highest BCUT2D eigenvalue weighted by Gasteiger charge is 2.18. The number of benzene rings is 1. The molecule has 0 saturated carbocycles. The highest BCUT2D eigenvalue weighted by molar-refractivity contribution is 6.00. The summed E-state index contributed by atoms with van der Waals surface area (Å²) in [5, 5.41) is 32.6. The fourth-order valence-corrected chi connectivity index (χ4v) is 1.40. The summed E-state index contributed by atoms with van der Waals surface area (Å²) in [6.07, 6.45) is 0.418. The molecule has 0 radical (unpaired) electrons. The average Bonchev–Trinajstić information content (AvgIpc) is 2.37. The second kappa shape index (κ2) is 5.76. The molecule has 6 N–H and O–H groups in total. The number of amidine groups is 1. The number of carbonyl (C=O) groups is 1. The Balaban J connectivity index is 2.91. The molecule has 0 aliphatic carbocycles. The lowest BCUT2D eigenvalue weighted by atomic mass is 10.1. The number of carbonyl (C=O) groups excluding carboxylic acids is 1. The number of hydrogen-bond acceptors (Lipinski definition) is 5. The topological polar surface area (TPSA) is 128 Å². The smallest absolute Gasteiger partial charge is 0.255 e. The lowest BCUT2D eigenvalue weighted by molar-refractivity contribution is 0.0942. The van der Waals surface area contributed by atoms with Crippen LogP contribution in [0.3, 0.4) is 0 Å². The minimum atomic E-state index is -0.649. The standard InChI is InChI=1S/C11H15N3O4/c1-2-8(10(12)14-18)13-11(17)7-5-6(15)3-4-9(7)16/h3-5,8,15-16,18H,2H2,1H3,(H2,12,14)(H,13,17). The van der Waals surface area contributed by atoms with Crippen molar-refractivity contribution in [3.63, 3.8) is 0 Å². The van der Waals surface area contributed by atoms with Crippen molar-refractivity contribution in [3.8, 4) is 11.5 Å². The third-order valence-corrected chi connectivity index (χ3v) is 2.41. The number of nitrogens with zero attached hydrogens (tertiary/aromatic N) is 1. The van der Waals surface area contributed by atoms with Crippen LogP contribution in [0, 0.1) is 0 Å². The second-order valence-corrected chi connectivity index (χ2v) is 3.66. The maximum absolute atomic E-state index is 11.8. The number of nitrogens with two attached hydrogens (primary N) is 1. The van der Waals surface area contributed by atoms with Crippen LogP contribution in [-0.4, -0.2) is 33.2 Å². The van der Waals surface area contributed by atoms with Crippen LogP contribution < -0.4 is 11.1 Å². The number of amides is 1. The van der Waals surface area contributed by atoms with Gasteiger partial charge in [0.15, 0.2) is 5.84 Å². The minimum absolute atomic E-state index is 0.0841. The molecule has 1 unspecified atom stereocenters. The summed E-state index contributed by atoms with van der Waals surface area (Å²) in [7, 11) is 0. The van der Waals surface area contributed by atoms with Crippen molar-refractivity contribution in [1.29, 1.82) is 0 Å². The van der Waals surface area contributed by atoms with Crippen molar-refractivity contribution < 1.29 is 20.2 Å². The summed E-state index contributed by atoms with van der Waals surface area (Å²) < 4.78 is 0. The molecule has 0 aliphatic rings. The van der Waals surface area contributed by atoms with Crippen LogP contribution in [-0.2, 0) is 0 Å². The summed E-state index contributed by atoms with van der Waals surface area (Å²) in [5.41, 5.74) is 5.31. The fraction of sp³-hybridized carbons (Fsp3) is 0.273. The first-order chi connectivity index (χ1) is 8.49.